The Morgan fingerprint density at radius 1 is 0.867 bits per heavy atom. The molecule has 0 saturated heterocycles. The smallest absolute Gasteiger partial charge is 0.0762 e. The quantitative estimate of drug-likeness (QED) is 0.784. The van der Waals surface area contributed by atoms with Gasteiger partial charge >= 0.3 is 0 Å². The minimum Gasteiger partial charge on any atom is -0.389 e. The molecular formula is C14H14O. The first-order valence-electron chi connectivity index (χ1n) is 5.11. The van der Waals surface area contributed by atoms with Gasteiger partial charge in [-0.15, -0.1) is 0 Å². The zero-order valence-corrected chi connectivity index (χ0v) is 8.72. The minimum absolute atomic E-state index is 0.409. The SMILES string of the molecule is C[C@H](O)c1cccc(-c2ccccc2)c1. The van der Waals surface area contributed by atoms with Gasteiger partial charge in [0.15, 0.2) is 0 Å². The van der Waals surface area contributed by atoms with Crippen LogP contribution < -0.4 is 0 Å². The Hall–Kier alpha value is -1.60. The maximum atomic E-state index is 9.50. The van der Waals surface area contributed by atoms with Crippen LogP contribution in [0.1, 0.15) is 18.6 Å². The molecule has 1 atom stereocenters. The largest absolute Gasteiger partial charge is 0.389 e. The second-order valence-corrected chi connectivity index (χ2v) is 3.67. The Morgan fingerprint density at radius 2 is 1.53 bits per heavy atom. The summed E-state index contributed by atoms with van der Waals surface area (Å²) in [6.45, 7) is 1.78. The standard InChI is InChI=1S/C14H14O/c1-11(15)13-8-5-9-14(10-13)12-6-3-2-4-7-12/h2-11,15H,1H3/t11-/m0/s1. The second-order valence-electron chi connectivity index (χ2n) is 3.67. The maximum absolute atomic E-state index is 9.50. The Bertz CT molecular complexity index is 432. The monoisotopic (exact) mass is 198 g/mol. The van der Waals surface area contributed by atoms with Gasteiger partial charge in [0.05, 0.1) is 6.10 Å². The fourth-order valence-electron chi connectivity index (χ4n) is 1.61. The van der Waals surface area contributed by atoms with Gasteiger partial charge in [0, 0.05) is 0 Å². The third-order valence-corrected chi connectivity index (χ3v) is 2.48. The molecule has 0 aliphatic rings. The predicted molar refractivity (Wildman–Crippen MR) is 62.5 cm³/mol. The van der Waals surface area contributed by atoms with Crippen LogP contribution in [0, 0.1) is 0 Å². The first kappa shape index (κ1) is 9.94. The molecule has 1 heteroatoms. The summed E-state index contributed by atoms with van der Waals surface area (Å²) in [5.41, 5.74) is 3.28. The molecule has 0 aliphatic heterocycles. The lowest BCUT2D eigenvalue weighted by Crippen LogP contribution is -1.90. The Kier molecular flexibility index (Phi) is 2.84. The maximum Gasteiger partial charge on any atom is 0.0762 e. The molecule has 1 N–H and O–H groups in total. The van der Waals surface area contributed by atoms with Gasteiger partial charge in [-0.3, -0.25) is 0 Å². The van der Waals surface area contributed by atoms with Crippen LogP contribution in [-0.4, -0.2) is 5.11 Å². The van der Waals surface area contributed by atoms with Gasteiger partial charge < -0.3 is 5.11 Å². The molecule has 0 amide bonds. The van der Waals surface area contributed by atoms with Crippen LogP contribution in [0.25, 0.3) is 11.1 Å². The molecule has 1 nitrogen and oxygen atoms in total. The van der Waals surface area contributed by atoms with Crippen LogP contribution >= 0.6 is 0 Å². The molecule has 0 aromatic heterocycles. The topological polar surface area (TPSA) is 20.2 Å². The lowest BCUT2D eigenvalue weighted by molar-refractivity contribution is 0.199. The number of rotatable bonds is 2. The van der Waals surface area contributed by atoms with Crippen molar-refractivity contribution in [1.82, 2.24) is 0 Å². The molecular weight excluding hydrogens is 184 g/mol. The van der Waals surface area contributed by atoms with Crippen LogP contribution in [0.5, 0.6) is 0 Å². The van der Waals surface area contributed by atoms with E-state index in [4.69, 9.17) is 0 Å². The van der Waals surface area contributed by atoms with Crippen LogP contribution in [0.3, 0.4) is 0 Å². The summed E-state index contributed by atoms with van der Waals surface area (Å²) in [7, 11) is 0. The van der Waals surface area contributed by atoms with Gasteiger partial charge in [-0.2, -0.15) is 0 Å². The summed E-state index contributed by atoms with van der Waals surface area (Å²) in [5, 5.41) is 9.50. The summed E-state index contributed by atoms with van der Waals surface area (Å²) >= 11 is 0. The number of aliphatic hydroxyl groups excluding tert-OH is 1. The number of benzene rings is 2. The zero-order valence-electron chi connectivity index (χ0n) is 8.72. The molecule has 0 spiro atoms. The Balaban J connectivity index is 2.42. The average Bonchev–Trinajstić information content (AvgIpc) is 2.30. The second kappa shape index (κ2) is 4.28. The highest BCUT2D eigenvalue weighted by Gasteiger charge is 2.02. The van der Waals surface area contributed by atoms with E-state index in [9.17, 15) is 5.11 Å². The predicted octanol–water partition coefficient (Wildman–Crippen LogP) is 3.41. The Morgan fingerprint density at radius 3 is 2.20 bits per heavy atom. The van der Waals surface area contributed by atoms with E-state index in [1.54, 1.807) is 6.92 Å². The highest BCUT2D eigenvalue weighted by Crippen LogP contribution is 2.22. The summed E-state index contributed by atoms with van der Waals surface area (Å²) in [4.78, 5) is 0. The molecule has 2 rings (SSSR count). The van der Waals surface area contributed by atoms with E-state index in [2.05, 4.69) is 18.2 Å². The molecule has 0 saturated carbocycles. The van der Waals surface area contributed by atoms with Gasteiger partial charge in [0.1, 0.15) is 0 Å². The highest BCUT2D eigenvalue weighted by molar-refractivity contribution is 5.64. The molecule has 0 heterocycles. The lowest BCUT2D eigenvalue weighted by Gasteiger charge is -2.07. The van der Waals surface area contributed by atoms with Crippen LogP contribution in [0.15, 0.2) is 54.6 Å². The van der Waals surface area contributed by atoms with Gasteiger partial charge in [0.25, 0.3) is 0 Å². The molecule has 0 unspecified atom stereocenters. The molecule has 0 radical (unpaired) electrons. The molecule has 0 fully saturated rings. The molecule has 0 bridgehead atoms. The summed E-state index contributed by atoms with van der Waals surface area (Å²) in [5.74, 6) is 0. The minimum atomic E-state index is -0.409. The van der Waals surface area contributed by atoms with Crippen molar-refractivity contribution in [2.75, 3.05) is 0 Å². The molecule has 15 heavy (non-hydrogen) atoms. The third-order valence-electron chi connectivity index (χ3n) is 2.48. The molecule has 2 aromatic carbocycles. The normalized spacial score (nSPS) is 12.4. The van der Waals surface area contributed by atoms with Gasteiger partial charge in [-0.05, 0) is 29.7 Å². The van der Waals surface area contributed by atoms with Crippen molar-refractivity contribution in [3.63, 3.8) is 0 Å². The van der Waals surface area contributed by atoms with Crippen LogP contribution in [-0.2, 0) is 0 Å². The van der Waals surface area contributed by atoms with Crippen LogP contribution in [0.2, 0.25) is 0 Å². The average molecular weight is 198 g/mol. The fraction of sp³-hybridized carbons (Fsp3) is 0.143. The van der Waals surface area contributed by atoms with Crippen molar-refractivity contribution in [3.05, 3.63) is 60.2 Å². The number of aliphatic hydroxyl groups is 1. The first-order valence-corrected chi connectivity index (χ1v) is 5.11. The summed E-state index contributed by atoms with van der Waals surface area (Å²) < 4.78 is 0. The van der Waals surface area contributed by atoms with Gasteiger partial charge in [0.2, 0.25) is 0 Å². The molecule has 0 aliphatic carbocycles. The van der Waals surface area contributed by atoms with E-state index in [-0.39, 0.29) is 0 Å². The van der Waals surface area contributed by atoms with Gasteiger partial charge in [-0.25, -0.2) is 0 Å². The van der Waals surface area contributed by atoms with E-state index >= 15 is 0 Å². The number of hydrogen-bond donors (Lipinski definition) is 1. The van der Waals surface area contributed by atoms with Crippen molar-refractivity contribution in [3.8, 4) is 11.1 Å². The summed E-state index contributed by atoms with van der Waals surface area (Å²) in [6, 6.07) is 18.2. The van der Waals surface area contributed by atoms with E-state index in [0.29, 0.717) is 0 Å². The van der Waals surface area contributed by atoms with E-state index < -0.39 is 6.10 Å². The fourth-order valence-corrected chi connectivity index (χ4v) is 1.61. The molecule has 76 valence electrons. The van der Waals surface area contributed by atoms with Crippen molar-refractivity contribution in [2.45, 2.75) is 13.0 Å². The van der Waals surface area contributed by atoms with Gasteiger partial charge in [-0.1, -0.05) is 48.5 Å². The number of hydrogen-bond acceptors (Lipinski definition) is 1. The van der Waals surface area contributed by atoms with E-state index in [0.717, 1.165) is 11.1 Å². The highest BCUT2D eigenvalue weighted by atomic mass is 16.3. The third kappa shape index (κ3) is 2.25. The van der Waals surface area contributed by atoms with E-state index in [1.807, 2.05) is 36.4 Å². The van der Waals surface area contributed by atoms with E-state index in [1.165, 1.54) is 5.56 Å². The lowest BCUT2D eigenvalue weighted by atomic mass is 10.0. The Labute approximate surface area is 90.0 Å². The molecule has 2 aromatic rings. The first-order chi connectivity index (χ1) is 7.27. The zero-order chi connectivity index (χ0) is 10.7. The van der Waals surface area contributed by atoms with Crippen molar-refractivity contribution in [1.29, 1.82) is 0 Å². The van der Waals surface area contributed by atoms with Crippen molar-refractivity contribution < 1.29 is 5.11 Å². The summed E-state index contributed by atoms with van der Waals surface area (Å²) in [6.07, 6.45) is -0.409. The van der Waals surface area contributed by atoms with Crippen molar-refractivity contribution >= 4 is 0 Å². The van der Waals surface area contributed by atoms with Crippen molar-refractivity contribution in [2.24, 2.45) is 0 Å². The van der Waals surface area contributed by atoms with Crippen LogP contribution in [0.4, 0.5) is 0 Å².